The van der Waals surface area contributed by atoms with Gasteiger partial charge in [-0.15, -0.1) is 0 Å². The van der Waals surface area contributed by atoms with Crippen LogP contribution in [0.2, 0.25) is 0 Å². The van der Waals surface area contributed by atoms with Crippen LogP contribution in [0.15, 0.2) is 69.9 Å². The maximum Gasteiger partial charge on any atom is 0.268 e. The topological polar surface area (TPSA) is 86.1 Å². The number of benzene rings is 1. The van der Waals surface area contributed by atoms with E-state index >= 15 is 0 Å². The minimum Gasteiger partial charge on any atom is -0.467 e. The fraction of sp³-hybridized carbons (Fsp3) is 0.150. The largest absolute Gasteiger partial charge is 0.467 e. The molecule has 0 atom stereocenters. The second kappa shape index (κ2) is 7.33. The summed E-state index contributed by atoms with van der Waals surface area (Å²) in [5.41, 5.74) is 2.54. The molecule has 3 heterocycles. The maximum atomic E-state index is 12.4. The van der Waals surface area contributed by atoms with Crippen molar-refractivity contribution in [2.75, 3.05) is 0 Å². The summed E-state index contributed by atoms with van der Waals surface area (Å²) in [5, 5.41) is 6.86. The predicted molar refractivity (Wildman–Crippen MR) is 97.9 cm³/mol. The minimum atomic E-state index is -0.196. The zero-order valence-electron chi connectivity index (χ0n) is 14.8. The number of nitrogens with zero attached hydrogens (tertiary/aromatic N) is 3. The van der Waals surface area contributed by atoms with E-state index in [-0.39, 0.29) is 5.91 Å². The summed E-state index contributed by atoms with van der Waals surface area (Å²) in [6.07, 6.45) is 3.38. The van der Waals surface area contributed by atoms with E-state index < -0.39 is 0 Å². The van der Waals surface area contributed by atoms with E-state index in [1.54, 1.807) is 23.0 Å². The lowest BCUT2D eigenvalue weighted by Gasteiger charge is -2.07. The molecule has 0 saturated heterocycles. The Hall–Kier alpha value is -3.61. The SMILES string of the molecule is Cc1ccc(-c2nc(Cn3cccc3C(=O)NCc3ccco3)no2)cc1. The fourth-order valence-corrected chi connectivity index (χ4v) is 2.71. The van der Waals surface area contributed by atoms with Crippen LogP contribution in [0, 0.1) is 6.92 Å². The summed E-state index contributed by atoms with van der Waals surface area (Å²) in [4.78, 5) is 16.9. The van der Waals surface area contributed by atoms with Crippen LogP contribution >= 0.6 is 0 Å². The van der Waals surface area contributed by atoms with Gasteiger partial charge < -0.3 is 18.8 Å². The standard InChI is InChI=1S/C20H18N4O3/c1-14-6-8-15(9-7-14)20-22-18(23-27-20)13-24-10-2-5-17(24)19(25)21-12-16-4-3-11-26-16/h2-11H,12-13H2,1H3,(H,21,25). The molecule has 0 aliphatic carbocycles. The highest BCUT2D eigenvalue weighted by atomic mass is 16.5. The second-order valence-corrected chi connectivity index (χ2v) is 6.17. The third kappa shape index (κ3) is 3.82. The predicted octanol–water partition coefficient (Wildman–Crippen LogP) is 3.42. The van der Waals surface area contributed by atoms with Gasteiger partial charge in [-0.25, -0.2) is 0 Å². The van der Waals surface area contributed by atoms with Crippen LogP contribution in [0.4, 0.5) is 0 Å². The molecule has 4 aromatic rings. The normalized spacial score (nSPS) is 10.9. The molecule has 0 saturated carbocycles. The lowest BCUT2D eigenvalue weighted by atomic mass is 10.1. The first-order valence-electron chi connectivity index (χ1n) is 8.54. The van der Waals surface area contributed by atoms with Gasteiger partial charge >= 0.3 is 0 Å². The van der Waals surface area contributed by atoms with Gasteiger partial charge in [0.05, 0.1) is 19.4 Å². The van der Waals surface area contributed by atoms with Crippen LogP contribution in [0.1, 0.15) is 27.6 Å². The van der Waals surface area contributed by atoms with Gasteiger partial charge in [-0.2, -0.15) is 4.98 Å². The monoisotopic (exact) mass is 362 g/mol. The van der Waals surface area contributed by atoms with Crippen molar-refractivity contribution in [3.63, 3.8) is 0 Å². The molecule has 7 nitrogen and oxygen atoms in total. The first kappa shape index (κ1) is 16.8. The molecule has 0 radical (unpaired) electrons. The van der Waals surface area contributed by atoms with E-state index in [2.05, 4.69) is 15.5 Å². The van der Waals surface area contributed by atoms with Crippen LogP contribution in [0.25, 0.3) is 11.5 Å². The Bertz CT molecular complexity index is 1030. The zero-order chi connectivity index (χ0) is 18.6. The average molecular weight is 362 g/mol. The fourth-order valence-electron chi connectivity index (χ4n) is 2.71. The van der Waals surface area contributed by atoms with E-state index in [0.29, 0.717) is 36.3 Å². The van der Waals surface area contributed by atoms with E-state index in [4.69, 9.17) is 8.94 Å². The van der Waals surface area contributed by atoms with Crippen molar-refractivity contribution in [2.24, 2.45) is 0 Å². The number of furan rings is 1. The summed E-state index contributed by atoms with van der Waals surface area (Å²) in [7, 11) is 0. The number of hydrogen-bond acceptors (Lipinski definition) is 5. The smallest absolute Gasteiger partial charge is 0.268 e. The van der Waals surface area contributed by atoms with Gasteiger partial charge in [-0.3, -0.25) is 4.79 Å². The van der Waals surface area contributed by atoms with Gasteiger partial charge in [0.25, 0.3) is 11.8 Å². The van der Waals surface area contributed by atoms with Crippen molar-refractivity contribution in [2.45, 2.75) is 20.0 Å². The van der Waals surface area contributed by atoms with Crippen LogP contribution < -0.4 is 5.32 Å². The van der Waals surface area contributed by atoms with Crippen molar-refractivity contribution in [3.8, 4) is 11.5 Å². The summed E-state index contributed by atoms with van der Waals surface area (Å²) < 4.78 is 12.4. The molecule has 0 fully saturated rings. The molecule has 7 heteroatoms. The van der Waals surface area contributed by atoms with Crippen LogP contribution in [-0.2, 0) is 13.1 Å². The molecule has 1 amide bonds. The van der Waals surface area contributed by atoms with Crippen molar-refractivity contribution >= 4 is 5.91 Å². The van der Waals surface area contributed by atoms with Crippen LogP contribution in [0.3, 0.4) is 0 Å². The summed E-state index contributed by atoms with van der Waals surface area (Å²) in [5.74, 6) is 1.46. The second-order valence-electron chi connectivity index (χ2n) is 6.17. The Morgan fingerprint density at radius 1 is 1.15 bits per heavy atom. The van der Waals surface area contributed by atoms with Crippen molar-refractivity contribution in [3.05, 3.63) is 83.8 Å². The molecule has 4 rings (SSSR count). The first-order chi connectivity index (χ1) is 13.2. The molecule has 0 aliphatic heterocycles. The summed E-state index contributed by atoms with van der Waals surface area (Å²) in [6, 6.07) is 15.0. The van der Waals surface area contributed by atoms with Crippen molar-refractivity contribution in [1.29, 1.82) is 0 Å². The van der Waals surface area contributed by atoms with E-state index in [1.807, 2.05) is 49.5 Å². The molecule has 0 aliphatic rings. The molecule has 136 valence electrons. The highest BCUT2D eigenvalue weighted by Gasteiger charge is 2.14. The Labute approximate surface area is 155 Å². The molecular weight excluding hydrogens is 344 g/mol. The van der Waals surface area contributed by atoms with Gasteiger partial charge in [0.1, 0.15) is 11.5 Å². The number of hydrogen-bond donors (Lipinski definition) is 1. The van der Waals surface area contributed by atoms with E-state index in [1.165, 1.54) is 0 Å². The quantitative estimate of drug-likeness (QED) is 0.568. The number of rotatable bonds is 6. The van der Waals surface area contributed by atoms with Crippen molar-refractivity contribution in [1.82, 2.24) is 20.0 Å². The maximum absolute atomic E-state index is 12.4. The number of nitrogens with one attached hydrogen (secondary N) is 1. The van der Waals surface area contributed by atoms with Crippen LogP contribution in [0.5, 0.6) is 0 Å². The number of amides is 1. The summed E-state index contributed by atoms with van der Waals surface area (Å²) in [6.45, 7) is 2.69. The highest BCUT2D eigenvalue weighted by molar-refractivity contribution is 5.92. The molecule has 1 N–H and O–H groups in total. The number of carbonyl (C=O) groups excluding carboxylic acids is 1. The highest BCUT2D eigenvalue weighted by Crippen LogP contribution is 2.18. The summed E-state index contributed by atoms with van der Waals surface area (Å²) >= 11 is 0. The van der Waals surface area contributed by atoms with Crippen LogP contribution in [-0.4, -0.2) is 20.6 Å². The molecule has 0 spiro atoms. The van der Waals surface area contributed by atoms with E-state index in [0.717, 1.165) is 11.1 Å². The third-order valence-electron chi connectivity index (χ3n) is 4.14. The lowest BCUT2D eigenvalue weighted by Crippen LogP contribution is -2.25. The Kier molecular flexibility index (Phi) is 4.57. The van der Waals surface area contributed by atoms with Gasteiger partial charge in [0, 0.05) is 11.8 Å². The molecule has 27 heavy (non-hydrogen) atoms. The molecule has 0 bridgehead atoms. The Morgan fingerprint density at radius 2 is 2.00 bits per heavy atom. The van der Waals surface area contributed by atoms with E-state index in [9.17, 15) is 4.79 Å². The van der Waals surface area contributed by atoms with Gasteiger partial charge in [0.2, 0.25) is 0 Å². The Morgan fingerprint density at radius 3 is 2.78 bits per heavy atom. The molecule has 1 aromatic carbocycles. The lowest BCUT2D eigenvalue weighted by molar-refractivity contribution is 0.0939. The minimum absolute atomic E-state index is 0.196. The number of aromatic nitrogens is 3. The van der Waals surface area contributed by atoms with Gasteiger partial charge in [-0.05, 0) is 43.3 Å². The molecule has 0 unspecified atom stereocenters. The Balaban J connectivity index is 1.45. The third-order valence-corrected chi connectivity index (χ3v) is 4.14. The molecular formula is C20H18N4O3. The van der Waals surface area contributed by atoms with Gasteiger partial charge in [0.15, 0.2) is 5.82 Å². The molecule has 3 aromatic heterocycles. The number of aryl methyl sites for hydroxylation is 1. The van der Waals surface area contributed by atoms with Crippen molar-refractivity contribution < 1.29 is 13.7 Å². The zero-order valence-corrected chi connectivity index (χ0v) is 14.8. The van der Waals surface area contributed by atoms with Gasteiger partial charge in [-0.1, -0.05) is 22.9 Å². The average Bonchev–Trinajstić information content (AvgIpc) is 3.43. The first-order valence-corrected chi connectivity index (χ1v) is 8.54. The number of carbonyl (C=O) groups is 1.